The quantitative estimate of drug-likeness (QED) is 0.690. The van der Waals surface area contributed by atoms with Gasteiger partial charge in [0.1, 0.15) is 11.5 Å². The van der Waals surface area contributed by atoms with Crippen molar-refractivity contribution < 1.29 is 9.47 Å². The van der Waals surface area contributed by atoms with Crippen LogP contribution < -0.4 is 9.47 Å². The molecule has 0 aliphatic carbocycles. The molecule has 0 spiro atoms. The van der Waals surface area contributed by atoms with Gasteiger partial charge in [0.2, 0.25) is 0 Å². The van der Waals surface area contributed by atoms with E-state index in [1.165, 1.54) is 0 Å². The molecule has 0 bridgehead atoms. The third-order valence-corrected chi connectivity index (χ3v) is 3.77. The molecule has 0 fully saturated rings. The Labute approximate surface area is 131 Å². The van der Waals surface area contributed by atoms with Crippen LogP contribution in [0.15, 0.2) is 42.5 Å². The third-order valence-electron chi connectivity index (χ3n) is 3.28. The Kier molecular flexibility index (Phi) is 5.51. The minimum absolute atomic E-state index is 0.259. The molecule has 0 aliphatic rings. The molecule has 0 radical (unpaired) electrons. The van der Waals surface area contributed by atoms with Gasteiger partial charge < -0.3 is 9.47 Å². The van der Waals surface area contributed by atoms with Crippen LogP contribution in [0.2, 0.25) is 0 Å². The van der Waals surface area contributed by atoms with Gasteiger partial charge in [-0.25, -0.2) is 0 Å². The molecule has 112 valence electrons. The molecule has 21 heavy (non-hydrogen) atoms. The molecule has 1 atom stereocenters. The van der Waals surface area contributed by atoms with Gasteiger partial charge in [0.25, 0.3) is 0 Å². The monoisotopic (exact) mass is 304 g/mol. The van der Waals surface area contributed by atoms with Crippen molar-refractivity contribution in [1.29, 1.82) is 0 Å². The number of halogens is 1. The van der Waals surface area contributed by atoms with Gasteiger partial charge >= 0.3 is 0 Å². The molecular formula is C18H21ClO2. The van der Waals surface area contributed by atoms with Crippen LogP contribution in [0.4, 0.5) is 0 Å². The molecule has 0 heterocycles. The molecule has 0 aromatic heterocycles. The van der Waals surface area contributed by atoms with Crippen LogP contribution >= 0.6 is 11.6 Å². The Morgan fingerprint density at radius 1 is 1.14 bits per heavy atom. The van der Waals surface area contributed by atoms with Crippen LogP contribution in [0, 0.1) is 6.92 Å². The molecule has 0 saturated carbocycles. The van der Waals surface area contributed by atoms with Crippen molar-refractivity contribution in [2.45, 2.75) is 25.6 Å². The molecule has 3 heteroatoms. The summed E-state index contributed by atoms with van der Waals surface area (Å²) in [7, 11) is 1.67. The second kappa shape index (κ2) is 7.37. The zero-order valence-electron chi connectivity index (χ0n) is 12.7. The standard InChI is InChI=1S/C18H21ClO2/c1-4-10-21-15-7-5-6-14(12-15)18(19)16-11-13(2)8-9-17(16)20-3/h5-9,11-12,18H,4,10H2,1-3H3. The van der Waals surface area contributed by atoms with Crippen LogP contribution in [0.1, 0.15) is 35.4 Å². The number of ether oxygens (including phenoxy) is 2. The number of rotatable bonds is 6. The number of methoxy groups -OCH3 is 1. The van der Waals surface area contributed by atoms with Gasteiger partial charge in [-0.05, 0) is 37.1 Å². The van der Waals surface area contributed by atoms with E-state index in [1.807, 2.05) is 43.3 Å². The van der Waals surface area contributed by atoms with Crippen molar-refractivity contribution in [2.24, 2.45) is 0 Å². The van der Waals surface area contributed by atoms with Gasteiger partial charge in [-0.1, -0.05) is 36.8 Å². The van der Waals surface area contributed by atoms with Gasteiger partial charge in [-0.15, -0.1) is 11.6 Å². The van der Waals surface area contributed by atoms with Crippen molar-refractivity contribution in [3.05, 3.63) is 59.2 Å². The molecule has 0 amide bonds. The summed E-state index contributed by atoms with van der Waals surface area (Å²) in [5.74, 6) is 1.66. The molecule has 2 aromatic rings. The fourth-order valence-corrected chi connectivity index (χ4v) is 2.52. The zero-order chi connectivity index (χ0) is 15.2. The van der Waals surface area contributed by atoms with Crippen LogP contribution in [0.3, 0.4) is 0 Å². The summed E-state index contributed by atoms with van der Waals surface area (Å²) in [5, 5.41) is -0.259. The SMILES string of the molecule is CCCOc1cccc(C(Cl)c2cc(C)ccc2OC)c1. The molecule has 0 N–H and O–H groups in total. The summed E-state index contributed by atoms with van der Waals surface area (Å²) >= 11 is 6.66. The smallest absolute Gasteiger partial charge is 0.123 e. The van der Waals surface area contributed by atoms with E-state index in [0.29, 0.717) is 6.61 Å². The van der Waals surface area contributed by atoms with Crippen LogP contribution in [0.25, 0.3) is 0 Å². The number of hydrogen-bond acceptors (Lipinski definition) is 2. The van der Waals surface area contributed by atoms with Crippen molar-refractivity contribution in [1.82, 2.24) is 0 Å². The molecule has 0 aliphatic heterocycles. The number of benzene rings is 2. The largest absolute Gasteiger partial charge is 0.496 e. The normalized spacial score (nSPS) is 12.0. The number of hydrogen-bond donors (Lipinski definition) is 0. The lowest BCUT2D eigenvalue weighted by Crippen LogP contribution is -2.00. The summed E-state index contributed by atoms with van der Waals surface area (Å²) in [4.78, 5) is 0. The van der Waals surface area contributed by atoms with Crippen LogP contribution in [-0.4, -0.2) is 13.7 Å². The van der Waals surface area contributed by atoms with E-state index in [4.69, 9.17) is 21.1 Å². The van der Waals surface area contributed by atoms with E-state index in [9.17, 15) is 0 Å². The average molecular weight is 305 g/mol. The first-order chi connectivity index (χ1) is 10.2. The lowest BCUT2D eigenvalue weighted by Gasteiger charge is -2.16. The van der Waals surface area contributed by atoms with Gasteiger partial charge in [0.05, 0.1) is 19.1 Å². The highest BCUT2D eigenvalue weighted by Gasteiger charge is 2.16. The number of aryl methyl sites for hydroxylation is 1. The minimum atomic E-state index is -0.259. The highest BCUT2D eigenvalue weighted by molar-refractivity contribution is 6.22. The van der Waals surface area contributed by atoms with Gasteiger partial charge in [0.15, 0.2) is 0 Å². The van der Waals surface area contributed by atoms with Crippen molar-refractivity contribution in [3.8, 4) is 11.5 Å². The Morgan fingerprint density at radius 3 is 2.67 bits per heavy atom. The number of alkyl halides is 1. The van der Waals surface area contributed by atoms with Gasteiger partial charge in [-0.3, -0.25) is 0 Å². The molecular weight excluding hydrogens is 284 g/mol. The van der Waals surface area contributed by atoms with E-state index in [1.54, 1.807) is 7.11 Å². The average Bonchev–Trinajstić information content (AvgIpc) is 2.52. The second-order valence-corrected chi connectivity index (χ2v) is 5.47. The first-order valence-corrected chi connectivity index (χ1v) is 7.60. The van der Waals surface area contributed by atoms with E-state index in [-0.39, 0.29) is 5.38 Å². The van der Waals surface area contributed by atoms with Crippen molar-refractivity contribution in [3.63, 3.8) is 0 Å². The summed E-state index contributed by atoms with van der Waals surface area (Å²) in [5.41, 5.74) is 3.15. The fraction of sp³-hybridized carbons (Fsp3) is 0.333. The Balaban J connectivity index is 2.31. The molecule has 1 unspecified atom stereocenters. The summed E-state index contributed by atoms with van der Waals surface area (Å²) < 4.78 is 11.1. The summed E-state index contributed by atoms with van der Waals surface area (Å²) in [6.45, 7) is 4.85. The van der Waals surface area contributed by atoms with E-state index < -0.39 is 0 Å². The second-order valence-electron chi connectivity index (χ2n) is 5.03. The van der Waals surface area contributed by atoms with Gasteiger partial charge in [-0.2, -0.15) is 0 Å². The van der Waals surface area contributed by atoms with Crippen molar-refractivity contribution in [2.75, 3.05) is 13.7 Å². The zero-order valence-corrected chi connectivity index (χ0v) is 13.5. The molecule has 0 saturated heterocycles. The Morgan fingerprint density at radius 2 is 1.95 bits per heavy atom. The van der Waals surface area contributed by atoms with E-state index in [2.05, 4.69) is 13.0 Å². The highest BCUT2D eigenvalue weighted by atomic mass is 35.5. The topological polar surface area (TPSA) is 18.5 Å². The van der Waals surface area contributed by atoms with E-state index in [0.717, 1.165) is 34.6 Å². The van der Waals surface area contributed by atoms with Crippen molar-refractivity contribution >= 4 is 11.6 Å². The Hall–Kier alpha value is -1.67. The predicted octanol–water partition coefficient (Wildman–Crippen LogP) is 5.12. The molecule has 2 nitrogen and oxygen atoms in total. The molecule has 2 aromatic carbocycles. The molecule has 2 rings (SSSR count). The van der Waals surface area contributed by atoms with Gasteiger partial charge in [0, 0.05) is 5.56 Å². The first-order valence-electron chi connectivity index (χ1n) is 7.17. The fourth-order valence-electron chi connectivity index (χ4n) is 2.21. The maximum absolute atomic E-state index is 6.66. The third kappa shape index (κ3) is 3.92. The summed E-state index contributed by atoms with van der Waals surface area (Å²) in [6, 6.07) is 14.0. The minimum Gasteiger partial charge on any atom is -0.496 e. The first kappa shape index (κ1) is 15.7. The van der Waals surface area contributed by atoms with E-state index >= 15 is 0 Å². The highest BCUT2D eigenvalue weighted by Crippen LogP contribution is 2.36. The lowest BCUT2D eigenvalue weighted by molar-refractivity contribution is 0.317. The Bertz CT molecular complexity index is 596. The summed E-state index contributed by atoms with van der Waals surface area (Å²) in [6.07, 6.45) is 0.986. The maximum atomic E-state index is 6.66. The van der Waals surface area contributed by atoms with Crippen LogP contribution in [-0.2, 0) is 0 Å². The maximum Gasteiger partial charge on any atom is 0.123 e. The predicted molar refractivity (Wildman–Crippen MR) is 87.7 cm³/mol. The lowest BCUT2D eigenvalue weighted by atomic mass is 10.0. The van der Waals surface area contributed by atoms with Crippen LogP contribution in [0.5, 0.6) is 11.5 Å².